The van der Waals surface area contributed by atoms with Crippen molar-refractivity contribution >= 4 is 38.9 Å². The summed E-state index contributed by atoms with van der Waals surface area (Å²) in [4.78, 5) is 4.40. The minimum absolute atomic E-state index is 0.0648. The number of halogens is 2. The first-order valence-corrected chi connectivity index (χ1v) is 7.85. The monoisotopic (exact) mass is 344 g/mol. The van der Waals surface area contributed by atoms with E-state index in [-0.39, 0.29) is 6.04 Å². The summed E-state index contributed by atoms with van der Waals surface area (Å²) in [6.45, 7) is 3.08. The van der Waals surface area contributed by atoms with Crippen LogP contribution in [0.2, 0.25) is 5.02 Å². The summed E-state index contributed by atoms with van der Waals surface area (Å²) in [5.41, 5.74) is 1.06. The normalized spacial score (nSPS) is 12.6. The highest BCUT2D eigenvalue weighted by molar-refractivity contribution is 9.10. The van der Waals surface area contributed by atoms with E-state index < -0.39 is 0 Å². The van der Waals surface area contributed by atoms with Crippen LogP contribution in [0.4, 0.5) is 0 Å². The van der Waals surface area contributed by atoms with E-state index in [0.29, 0.717) is 0 Å². The lowest BCUT2D eigenvalue weighted by Gasteiger charge is -2.18. The van der Waals surface area contributed by atoms with Crippen LogP contribution >= 0.6 is 38.9 Å². The smallest absolute Gasteiger partial charge is 0.114 e. The van der Waals surface area contributed by atoms with Crippen molar-refractivity contribution in [3.63, 3.8) is 0 Å². The van der Waals surface area contributed by atoms with E-state index >= 15 is 0 Å². The largest absolute Gasteiger partial charge is 0.304 e. The molecule has 0 fully saturated rings. The number of rotatable bonds is 5. The van der Waals surface area contributed by atoms with Crippen molar-refractivity contribution in [2.75, 3.05) is 6.54 Å². The van der Waals surface area contributed by atoms with Gasteiger partial charge in [0.05, 0.1) is 6.04 Å². The van der Waals surface area contributed by atoms with Gasteiger partial charge in [0.15, 0.2) is 0 Å². The van der Waals surface area contributed by atoms with Gasteiger partial charge >= 0.3 is 0 Å². The van der Waals surface area contributed by atoms with E-state index in [2.05, 4.69) is 39.2 Å². The molecule has 1 heterocycles. The van der Waals surface area contributed by atoms with Crippen LogP contribution in [0.25, 0.3) is 0 Å². The van der Waals surface area contributed by atoms with Gasteiger partial charge in [-0.1, -0.05) is 34.5 Å². The lowest BCUT2D eigenvalue weighted by atomic mass is 10.1. The molecule has 96 valence electrons. The van der Waals surface area contributed by atoms with Gasteiger partial charge in [-0.25, -0.2) is 4.98 Å². The van der Waals surface area contributed by atoms with Crippen LogP contribution in [0, 0.1) is 0 Å². The molecule has 0 bridgehead atoms. The first-order chi connectivity index (χ1) is 8.72. The molecule has 2 aromatic rings. The van der Waals surface area contributed by atoms with Crippen molar-refractivity contribution in [3.05, 3.63) is 49.8 Å². The van der Waals surface area contributed by atoms with Crippen LogP contribution in [0.15, 0.2) is 34.2 Å². The fourth-order valence-electron chi connectivity index (χ4n) is 1.73. The maximum Gasteiger partial charge on any atom is 0.114 e. The molecule has 0 aliphatic heterocycles. The van der Waals surface area contributed by atoms with Crippen LogP contribution in [0.3, 0.4) is 0 Å². The molecule has 2 nitrogen and oxygen atoms in total. The molecular weight excluding hydrogens is 332 g/mol. The van der Waals surface area contributed by atoms with E-state index in [9.17, 15) is 0 Å². The SMILES string of the molecule is CCCNC(c1nccs1)c1cc(Br)ccc1Cl. The predicted molar refractivity (Wildman–Crippen MR) is 81.4 cm³/mol. The Morgan fingerprint density at radius 3 is 3.00 bits per heavy atom. The van der Waals surface area contributed by atoms with Gasteiger partial charge in [0.25, 0.3) is 0 Å². The van der Waals surface area contributed by atoms with Crippen molar-refractivity contribution in [1.29, 1.82) is 0 Å². The van der Waals surface area contributed by atoms with E-state index in [1.54, 1.807) is 11.3 Å². The average Bonchev–Trinajstić information content (AvgIpc) is 2.88. The van der Waals surface area contributed by atoms with Crippen LogP contribution in [-0.2, 0) is 0 Å². The minimum Gasteiger partial charge on any atom is -0.304 e. The molecule has 18 heavy (non-hydrogen) atoms. The summed E-state index contributed by atoms with van der Waals surface area (Å²) < 4.78 is 1.03. The lowest BCUT2D eigenvalue weighted by Crippen LogP contribution is -2.23. The van der Waals surface area contributed by atoms with Crippen molar-refractivity contribution in [3.8, 4) is 0 Å². The van der Waals surface area contributed by atoms with Crippen LogP contribution in [-0.4, -0.2) is 11.5 Å². The summed E-state index contributed by atoms with van der Waals surface area (Å²) in [6, 6.07) is 5.98. The molecule has 0 saturated heterocycles. The number of benzene rings is 1. The molecule has 0 aliphatic rings. The van der Waals surface area contributed by atoms with E-state index in [4.69, 9.17) is 11.6 Å². The fraction of sp³-hybridized carbons (Fsp3) is 0.308. The summed E-state index contributed by atoms with van der Waals surface area (Å²) >= 11 is 11.4. The quantitative estimate of drug-likeness (QED) is 0.853. The molecule has 1 N–H and O–H groups in total. The summed E-state index contributed by atoms with van der Waals surface area (Å²) in [6.07, 6.45) is 2.90. The van der Waals surface area contributed by atoms with Gasteiger partial charge in [-0.15, -0.1) is 11.3 Å². The summed E-state index contributed by atoms with van der Waals surface area (Å²) in [7, 11) is 0. The Bertz CT molecular complexity index is 502. The number of thiazole rings is 1. The highest BCUT2D eigenvalue weighted by Gasteiger charge is 2.18. The zero-order valence-corrected chi connectivity index (χ0v) is 13.1. The van der Waals surface area contributed by atoms with Gasteiger partial charge in [0, 0.05) is 21.1 Å². The number of hydrogen-bond acceptors (Lipinski definition) is 3. The summed E-state index contributed by atoms with van der Waals surface area (Å²) in [5, 5.41) is 7.30. The second kappa shape index (κ2) is 6.66. The standard InChI is InChI=1S/C13H14BrClN2S/c1-2-5-16-12(13-17-6-7-18-13)10-8-9(14)3-4-11(10)15/h3-4,6-8,12,16H,2,5H2,1H3. The lowest BCUT2D eigenvalue weighted by molar-refractivity contribution is 0.596. The zero-order valence-electron chi connectivity index (χ0n) is 9.99. The van der Waals surface area contributed by atoms with E-state index in [0.717, 1.165) is 33.0 Å². The van der Waals surface area contributed by atoms with Gasteiger partial charge in [0.2, 0.25) is 0 Å². The number of nitrogens with zero attached hydrogens (tertiary/aromatic N) is 1. The second-order valence-electron chi connectivity index (χ2n) is 3.92. The van der Waals surface area contributed by atoms with Gasteiger partial charge in [-0.3, -0.25) is 0 Å². The third-order valence-corrected chi connectivity index (χ3v) is 4.24. The third-order valence-electron chi connectivity index (χ3n) is 2.57. The maximum absolute atomic E-state index is 6.30. The Morgan fingerprint density at radius 2 is 2.33 bits per heavy atom. The van der Waals surface area contributed by atoms with Crippen LogP contribution < -0.4 is 5.32 Å². The van der Waals surface area contributed by atoms with E-state index in [1.807, 2.05) is 23.7 Å². The topological polar surface area (TPSA) is 24.9 Å². The van der Waals surface area contributed by atoms with Crippen molar-refractivity contribution in [2.45, 2.75) is 19.4 Å². The molecule has 2 rings (SSSR count). The van der Waals surface area contributed by atoms with Gasteiger partial charge < -0.3 is 5.32 Å². The van der Waals surface area contributed by atoms with Gasteiger partial charge in [-0.2, -0.15) is 0 Å². The van der Waals surface area contributed by atoms with Gasteiger partial charge in [0.1, 0.15) is 5.01 Å². The Kier molecular flexibility index (Phi) is 5.18. The number of aromatic nitrogens is 1. The van der Waals surface area contributed by atoms with Crippen molar-refractivity contribution in [2.24, 2.45) is 0 Å². The number of nitrogens with one attached hydrogen (secondary N) is 1. The molecule has 0 amide bonds. The molecule has 0 spiro atoms. The molecule has 1 atom stereocenters. The average molecular weight is 346 g/mol. The van der Waals surface area contributed by atoms with Crippen LogP contribution in [0.5, 0.6) is 0 Å². The molecule has 0 radical (unpaired) electrons. The first-order valence-electron chi connectivity index (χ1n) is 5.80. The molecule has 5 heteroatoms. The Morgan fingerprint density at radius 1 is 1.50 bits per heavy atom. The third kappa shape index (κ3) is 3.32. The van der Waals surface area contributed by atoms with Crippen molar-refractivity contribution in [1.82, 2.24) is 10.3 Å². The number of hydrogen-bond donors (Lipinski definition) is 1. The van der Waals surface area contributed by atoms with E-state index in [1.165, 1.54) is 0 Å². The highest BCUT2D eigenvalue weighted by atomic mass is 79.9. The maximum atomic E-state index is 6.30. The van der Waals surface area contributed by atoms with Gasteiger partial charge in [-0.05, 0) is 36.7 Å². The first kappa shape index (κ1) is 14.0. The predicted octanol–water partition coefficient (Wildman–Crippen LogP) is 4.65. The fourth-order valence-corrected chi connectivity index (χ4v) is 3.07. The highest BCUT2D eigenvalue weighted by Crippen LogP contribution is 2.31. The zero-order chi connectivity index (χ0) is 13.0. The Labute approximate surface area is 125 Å². The molecule has 0 aliphatic carbocycles. The second-order valence-corrected chi connectivity index (χ2v) is 6.17. The molecule has 1 unspecified atom stereocenters. The Hall–Kier alpha value is -0.420. The van der Waals surface area contributed by atoms with Crippen molar-refractivity contribution < 1.29 is 0 Å². The minimum atomic E-state index is 0.0648. The molecule has 1 aromatic heterocycles. The molecular formula is C13H14BrClN2S. The Balaban J connectivity index is 2.36. The molecule has 1 aromatic carbocycles. The molecule has 0 saturated carbocycles. The summed E-state index contributed by atoms with van der Waals surface area (Å²) in [5.74, 6) is 0. The van der Waals surface area contributed by atoms with Crippen LogP contribution in [0.1, 0.15) is 30.0 Å².